The van der Waals surface area contributed by atoms with Crippen molar-refractivity contribution in [2.45, 2.75) is 12.8 Å². The molecule has 0 aliphatic carbocycles. The number of halogens is 5. The average Bonchev–Trinajstić information content (AvgIpc) is 2.44. The summed E-state index contributed by atoms with van der Waals surface area (Å²) in [5.74, 6) is -10.5. The van der Waals surface area contributed by atoms with E-state index in [1.54, 1.807) is 30.3 Å². The zero-order chi connectivity index (χ0) is 14.2. The lowest BCUT2D eigenvalue weighted by atomic mass is 9.92. The number of hydrogen-bond donors (Lipinski definition) is 0. The Morgan fingerprint density at radius 1 is 0.684 bits per heavy atom. The van der Waals surface area contributed by atoms with Crippen LogP contribution in [0.3, 0.4) is 0 Å². The van der Waals surface area contributed by atoms with Crippen LogP contribution >= 0.6 is 0 Å². The highest BCUT2D eigenvalue weighted by molar-refractivity contribution is 5.35. The Hall–Kier alpha value is -1.91. The van der Waals surface area contributed by atoms with Crippen molar-refractivity contribution in [3.05, 3.63) is 70.5 Å². The van der Waals surface area contributed by atoms with Crippen LogP contribution in [0.2, 0.25) is 0 Å². The van der Waals surface area contributed by atoms with E-state index < -0.39 is 40.6 Å². The molecule has 0 saturated heterocycles. The second-order valence-electron chi connectivity index (χ2n) is 4.12. The van der Waals surface area contributed by atoms with Crippen molar-refractivity contribution in [3.8, 4) is 0 Å². The first-order valence-electron chi connectivity index (χ1n) is 5.51. The molecule has 2 aromatic rings. The van der Waals surface area contributed by atoms with Crippen LogP contribution in [0, 0.1) is 29.1 Å². The molecular formula is C14H9F5. The van der Waals surface area contributed by atoms with Crippen LogP contribution in [0.15, 0.2) is 30.3 Å². The standard InChI is InChI=1S/C14H9F5/c1-7(8-5-3-2-4-6-8)9-10(15)12(17)14(19)13(18)11(9)16/h2-7H,1H3. The molecule has 0 bridgehead atoms. The minimum absolute atomic E-state index is 0.464. The monoisotopic (exact) mass is 272 g/mol. The number of rotatable bonds is 2. The molecule has 1 unspecified atom stereocenters. The van der Waals surface area contributed by atoms with Gasteiger partial charge < -0.3 is 0 Å². The van der Waals surface area contributed by atoms with Crippen molar-refractivity contribution in [2.24, 2.45) is 0 Å². The van der Waals surface area contributed by atoms with Crippen molar-refractivity contribution in [1.82, 2.24) is 0 Å². The number of hydrogen-bond acceptors (Lipinski definition) is 0. The first-order chi connectivity index (χ1) is 8.95. The third-order valence-corrected chi connectivity index (χ3v) is 2.98. The molecule has 19 heavy (non-hydrogen) atoms. The fourth-order valence-corrected chi connectivity index (χ4v) is 1.91. The predicted molar refractivity (Wildman–Crippen MR) is 60.2 cm³/mol. The Bertz CT molecular complexity index is 578. The van der Waals surface area contributed by atoms with Gasteiger partial charge in [-0.3, -0.25) is 0 Å². The van der Waals surface area contributed by atoms with Gasteiger partial charge in [-0.2, -0.15) is 0 Å². The molecule has 2 aromatic carbocycles. The molecule has 100 valence electrons. The molecule has 0 saturated carbocycles. The van der Waals surface area contributed by atoms with Gasteiger partial charge in [-0.15, -0.1) is 0 Å². The van der Waals surface area contributed by atoms with Gasteiger partial charge in [0, 0.05) is 11.5 Å². The lowest BCUT2D eigenvalue weighted by Crippen LogP contribution is -2.10. The Labute approximate surface area is 106 Å². The highest BCUT2D eigenvalue weighted by atomic mass is 19.2. The lowest BCUT2D eigenvalue weighted by Gasteiger charge is -2.15. The van der Waals surface area contributed by atoms with Crippen molar-refractivity contribution >= 4 is 0 Å². The van der Waals surface area contributed by atoms with Crippen molar-refractivity contribution in [1.29, 1.82) is 0 Å². The Kier molecular flexibility index (Phi) is 3.55. The fourth-order valence-electron chi connectivity index (χ4n) is 1.91. The summed E-state index contributed by atoms with van der Waals surface area (Å²) in [6.07, 6.45) is 0. The minimum atomic E-state index is -2.14. The van der Waals surface area contributed by atoms with Crippen molar-refractivity contribution < 1.29 is 22.0 Å². The smallest absolute Gasteiger partial charge is 0.200 e. The van der Waals surface area contributed by atoms with E-state index in [0.29, 0.717) is 5.56 Å². The summed E-state index contributed by atoms with van der Waals surface area (Å²) in [6.45, 7) is 1.38. The molecule has 0 nitrogen and oxygen atoms in total. The summed E-state index contributed by atoms with van der Waals surface area (Å²) < 4.78 is 66.4. The third-order valence-electron chi connectivity index (χ3n) is 2.98. The molecule has 0 amide bonds. The molecular weight excluding hydrogens is 263 g/mol. The van der Waals surface area contributed by atoms with Gasteiger partial charge >= 0.3 is 0 Å². The van der Waals surface area contributed by atoms with E-state index in [9.17, 15) is 22.0 Å². The van der Waals surface area contributed by atoms with Crippen LogP contribution in [0.5, 0.6) is 0 Å². The predicted octanol–water partition coefficient (Wildman–Crippen LogP) is 4.53. The van der Waals surface area contributed by atoms with Crippen molar-refractivity contribution in [3.63, 3.8) is 0 Å². The van der Waals surface area contributed by atoms with Crippen LogP contribution in [-0.4, -0.2) is 0 Å². The maximum atomic E-state index is 13.6. The first kappa shape index (κ1) is 13.5. The van der Waals surface area contributed by atoms with Gasteiger partial charge in [-0.25, -0.2) is 22.0 Å². The van der Waals surface area contributed by atoms with Gasteiger partial charge in [0.05, 0.1) is 0 Å². The second kappa shape index (κ2) is 4.99. The third kappa shape index (κ3) is 2.20. The summed E-state index contributed by atoms with van der Waals surface area (Å²) in [7, 11) is 0. The summed E-state index contributed by atoms with van der Waals surface area (Å²) in [5, 5.41) is 0. The summed E-state index contributed by atoms with van der Waals surface area (Å²) in [6, 6.07) is 8.05. The topological polar surface area (TPSA) is 0 Å². The molecule has 0 fully saturated rings. The van der Waals surface area contributed by atoms with Crippen LogP contribution < -0.4 is 0 Å². The molecule has 0 radical (unpaired) electrons. The van der Waals surface area contributed by atoms with E-state index in [1.165, 1.54) is 6.92 Å². The Balaban J connectivity index is 2.64. The van der Waals surface area contributed by atoms with E-state index in [0.717, 1.165) is 0 Å². The molecule has 0 aliphatic heterocycles. The molecule has 2 rings (SSSR count). The Morgan fingerprint density at radius 2 is 1.11 bits per heavy atom. The van der Waals surface area contributed by atoms with E-state index in [1.807, 2.05) is 0 Å². The SMILES string of the molecule is CC(c1ccccc1)c1c(F)c(F)c(F)c(F)c1F. The normalized spacial score (nSPS) is 12.5. The van der Waals surface area contributed by atoms with Crippen LogP contribution in [0.4, 0.5) is 22.0 Å². The van der Waals surface area contributed by atoms with E-state index >= 15 is 0 Å². The molecule has 0 N–H and O–H groups in total. The van der Waals surface area contributed by atoms with E-state index in [-0.39, 0.29) is 0 Å². The van der Waals surface area contributed by atoms with E-state index in [2.05, 4.69) is 0 Å². The van der Waals surface area contributed by atoms with Gasteiger partial charge in [0.2, 0.25) is 5.82 Å². The highest BCUT2D eigenvalue weighted by Gasteiger charge is 2.28. The molecule has 5 heteroatoms. The van der Waals surface area contributed by atoms with Gasteiger partial charge in [-0.1, -0.05) is 37.3 Å². The highest BCUT2D eigenvalue weighted by Crippen LogP contribution is 2.32. The summed E-state index contributed by atoms with van der Waals surface area (Å²) in [5.41, 5.74) is -0.353. The quantitative estimate of drug-likeness (QED) is 0.428. The molecule has 0 heterocycles. The molecule has 0 aromatic heterocycles. The Morgan fingerprint density at radius 3 is 1.58 bits per heavy atom. The number of benzene rings is 2. The summed E-state index contributed by atoms with van der Waals surface area (Å²) >= 11 is 0. The van der Waals surface area contributed by atoms with Crippen LogP contribution in [0.1, 0.15) is 24.0 Å². The van der Waals surface area contributed by atoms with E-state index in [4.69, 9.17) is 0 Å². The lowest BCUT2D eigenvalue weighted by molar-refractivity contribution is 0.368. The maximum absolute atomic E-state index is 13.6. The second-order valence-corrected chi connectivity index (χ2v) is 4.12. The molecule has 0 aliphatic rings. The van der Waals surface area contributed by atoms with Gasteiger partial charge in [0.25, 0.3) is 0 Å². The molecule has 1 atom stereocenters. The maximum Gasteiger partial charge on any atom is 0.200 e. The van der Waals surface area contributed by atoms with Crippen LogP contribution in [0.25, 0.3) is 0 Å². The first-order valence-corrected chi connectivity index (χ1v) is 5.51. The summed E-state index contributed by atoms with van der Waals surface area (Å²) in [4.78, 5) is 0. The van der Waals surface area contributed by atoms with Crippen LogP contribution in [-0.2, 0) is 0 Å². The zero-order valence-electron chi connectivity index (χ0n) is 9.85. The molecule has 0 spiro atoms. The minimum Gasteiger partial charge on any atom is -0.203 e. The fraction of sp³-hybridized carbons (Fsp3) is 0.143. The zero-order valence-corrected chi connectivity index (χ0v) is 9.85. The average molecular weight is 272 g/mol. The van der Waals surface area contributed by atoms with Gasteiger partial charge in [0.15, 0.2) is 23.3 Å². The van der Waals surface area contributed by atoms with Gasteiger partial charge in [-0.05, 0) is 5.56 Å². The van der Waals surface area contributed by atoms with Crippen molar-refractivity contribution in [2.75, 3.05) is 0 Å². The van der Waals surface area contributed by atoms with Gasteiger partial charge in [0.1, 0.15) is 0 Å². The largest absolute Gasteiger partial charge is 0.203 e.